The zero-order valence-electron chi connectivity index (χ0n) is 10.5. The molecule has 1 aromatic carbocycles. The molecule has 0 aromatic heterocycles. The van der Waals surface area contributed by atoms with E-state index in [2.05, 4.69) is 31.6 Å². The lowest BCUT2D eigenvalue weighted by molar-refractivity contribution is 0.264. The standard InChI is InChI=1S/C13H20FN3/c1-13(2,3)11-10(12(15)17-16-11)8-6-4-5-7-9(8)14/h4-7,10-12,16-17H,15H2,1-3H3. The van der Waals surface area contributed by atoms with Crippen molar-refractivity contribution in [1.82, 2.24) is 10.9 Å². The molecular formula is C13H20FN3. The van der Waals surface area contributed by atoms with Gasteiger partial charge in [0.1, 0.15) is 5.82 Å². The van der Waals surface area contributed by atoms with Gasteiger partial charge in [0.15, 0.2) is 0 Å². The topological polar surface area (TPSA) is 50.1 Å². The van der Waals surface area contributed by atoms with Crippen LogP contribution in [0.1, 0.15) is 32.3 Å². The van der Waals surface area contributed by atoms with Crippen molar-refractivity contribution in [2.45, 2.75) is 38.9 Å². The molecule has 1 aromatic rings. The fraction of sp³-hybridized carbons (Fsp3) is 0.538. The highest BCUT2D eigenvalue weighted by atomic mass is 19.1. The molecule has 3 atom stereocenters. The molecule has 1 aliphatic rings. The lowest BCUT2D eigenvalue weighted by Crippen LogP contribution is -2.41. The average Bonchev–Trinajstić information content (AvgIpc) is 2.60. The quantitative estimate of drug-likeness (QED) is 0.697. The van der Waals surface area contributed by atoms with Crippen molar-refractivity contribution in [1.29, 1.82) is 0 Å². The number of hydrogen-bond acceptors (Lipinski definition) is 3. The zero-order valence-corrected chi connectivity index (χ0v) is 10.5. The number of nitrogens with one attached hydrogen (secondary N) is 2. The third-order valence-electron chi connectivity index (χ3n) is 3.35. The lowest BCUT2D eigenvalue weighted by atomic mass is 9.76. The molecule has 3 unspecified atom stereocenters. The Bertz CT molecular complexity index is 400. The van der Waals surface area contributed by atoms with Crippen molar-refractivity contribution >= 4 is 0 Å². The van der Waals surface area contributed by atoms with E-state index in [1.807, 2.05) is 12.1 Å². The molecule has 1 heterocycles. The van der Waals surface area contributed by atoms with Gasteiger partial charge in [-0.05, 0) is 17.0 Å². The summed E-state index contributed by atoms with van der Waals surface area (Å²) in [6, 6.07) is 6.96. The fourth-order valence-corrected chi connectivity index (χ4v) is 2.45. The van der Waals surface area contributed by atoms with Crippen molar-refractivity contribution < 1.29 is 4.39 Å². The van der Waals surface area contributed by atoms with E-state index in [1.54, 1.807) is 6.07 Å². The maximum atomic E-state index is 13.9. The van der Waals surface area contributed by atoms with Crippen LogP contribution in [0.5, 0.6) is 0 Å². The maximum absolute atomic E-state index is 13.9. The summed E-state index contributed by atoms with van der Waals surface area (Å²) < 4.78 is 13.9. The molecule has 1 aliphatic heterocycles. The van der Waals surface area contributed by atoms with E-state index in [0.717, 1.165) is 0 Å². The Morgan fingerprint density at radius 1 is 1.18 bits per heavy atom. The molecular weight excluding hydrogens is 217 g/mol. The third-order valence-corrected chi connectivity index (χ3v) is 3.35. The number of hydrazine groups is 1. The molecule has 0 spiro atoms. The van der Waals surface area contributed by atoms with Gasteiger partial charge in [0, 0.05) is 12.0 Å². The minimum atomic E-state index is -0.267. The van der Waals surface area contributed by atoms with Crippen LogP contribution in [0.2, 0.25) is 0 Å². The van der Waals surface area contributed by atoms with Crippen LogP contribution in [0.15, 0.2) is 24.3 Å². The second-order valence-corrected chi connectivity index (χ2v) is 5.71. The van der Waals surface area contributed by atoms with Crippen LogP contribution in [0.3, 0.4) is 0 Å². The summed E-state index contributed by atoms with van der Waals surface area (Å²) in [5, 5.41) is 0. The summed E-state index contributed by atoms with van der Waals surface area (Å²) in [7, 11) is 0. The Morgan fingerprint density at radius 2 is 1.82 bits per heavy atom. The Labute approximate surface area is 102 Å². The smallest absolute Gasteiger partial charge is 0.126 e. The van der Waals surface area contributed by atoms with Gasteiger partial charge in [-0.2, -0.15) is 0 Å². The van der Waals surface area contributed by atoms with Crippen molar-refractivity contribution in [2.24, 2.45) is 11.1 Å². The average molecular weight is 237 g/mol. The highest BCUT2D eigenvalue weighted by molar-refractivity contribution is 5.27. The van der Waals surface area contributed by atoms with Crippen LogP contribution >= 0.6 is 0 Å². The van der Waals surface area contributed by atoms with Gasteiger partial charge in [0.25, 0.3) is 0 Å². The predicted octanol–water partition coefficient (Wildman–Crippen LogP) is 1.72. The molecule has 1 fully saturated rings. The first-order chi connectivity index (χ1) is 7.91. The van der Waals surface area contributed by atoms with E-state index in [9.17, 15) is 4.39 Å². The van der Waals surface area contributed by atoms with Gasteiger partial charge in [-0.1, -0.05) is 39.0 Å². The van der Waals surface area contributed by atoms with E-state index in [1.165, 1.54) is 6.07 Å². The van der Waals surface area contributed by atoms with Gasteiger partial charge < -0.3 is 5.73 Å². The van der Waals surface area contributed by atoms with E-state index in [0.29, 0.717) is 5.56 Å². The molecule has 0 radical (unpaired) electrons. The highest BCUT2D eigenvalue weighted by Crippen LogP contribution is 2.36. The summed E-state index contributed by atoms with van der Waals surface area (Å²) in [6.45, 7) is 6.37. The van der Waals surface area contributed by atoms with Gasteiger partial charge in [0.2, 0.25) is 0 Å². The fourth-order valence-electron chi connectivity index (χ4n) is 2.45. The Kier molecular flexibility index (Phi) is 3.21. The second-order valence-electron chi connectivity index (χ2n) is 5.71. The van der Waals surface area contributed by atoms with Gasteiger partial charge in [-0.3, -0.25) is 5.43 Å². The first kappa shape index (κ1) is 12.5. The van der Waals surface area contributed by atoms with Crippen molar-refractivity contribution in [3.8, 4) is 0 Å². The number of hydrogen-bond donors (Lipinski definition) is 3. The summed E-state index contributed by atoms with van der Waals surface area (Å²) >= 11 is 0. The van der Waals surface area contributed by atoms with Crippen LogP contribution in [0.4, 0.5) is 4.39 Å². The van der Waals surface area contributed by atoms with Gasteiger partial charge in [-0.15, -0.1) is 0 Å². The SMILES string of the molecule is CC(C)(C)C1NNC(N)C1c1ccccc1F. The minimum Gasteiger partial charge on any atom is -0.314 e. The third kappa shape index (κ3) is 2.34. The van der Waals surface area contributed by atoms with Crippen LogP contribution < -0.4 is 16.6 Å². The first-order valence-electron chi connectivity index (χ1n) is 5.92. The normalized spacial score (nSPS) is 29.6. The van der Waals surface area contributed by atoms with Crippen LogP contribution in [-0.2, 0) is 0 Å². The number of rotatable bonds is 1. The van der Waals surface area contributed by atoms with Gasteiger partial charge in [-0.25, -0.2) is 9.82 Å². The van der Waals surface area contributed by atoms with E-state index in [4.69, 9.17) is 5.73 Å². The highest BCUT2D eigenvalue weighted by Gasteiger charge is 2.42. The number of benzene rings is 1. The Morgan fingerprint density at radius 3 is 2.41 bits per heavy atom. The molecule has 0 bridgehead atoms. The summed E-state index contributed by atoms with van der Waals surface area (Å²) in [4.78, 5) is 0. The van der Waals surface area contributed by atoms with Crippen molar-refractivity contribution in [3.63, 3.8) is 0 Å². The Hall–Kier alpha value is -0.970. The van der Waals surface area contributed by atoms with E-state index in [-0.39, 0.29) is 29.4 Å². The zero-order chi connectivity index (χ0) is 12.6. The van der Waals surface area contributed by atoms with Crippen LogP contribution in [-0.4, -0.2) is 12.2 Å². The molecule has 4 heteroatoms. The van der Waals surface area contributed by atoms with Crippen LogP contribution in [0.25, 0.3) is 0 Å². The molecule has 1 saturated heterocycles. The molecule has 0 aliphatic carbocycles. The molecule has 4 N–H and O–H groups in total. The Balaban J connectivity index is 2.38. The molecule has 3 nitrogen and oxygen atoms in total. The van der Waals surface area contributed by atoms with Gasteiger partial charge >= 0.3 is 0 Å². The van der Waals surface area contributed by atoms with Gasteiger partial charge in [0.05, 0.1) is 6.17 Å². The minimum absolute atomic E-state index is 0.00800. The largest absolute Gasteiger partial charge is 0.314 e. The van der Waals surface area contributed by atoms with Crippen molar-refractivity contribution in [2.75, 3.05) is 0 Å². The predicted molar refractivity (Wildman–Crippen MR) is 66.6 cm³/mol. The van der Waals surface area contributed by atoms with E-state index >= 15 is 0 Å². The van der Waals surface area contributed by atoms with Crippen LogP contribution in [0, 0.1) is 11.2 Å². The molecule has 17 heavy (non-hydrogen) atoms. The molecule has 0 saturated carbocycles. The number of halogens is 1. The molecule has 2 rings (SSSR count). The monoisotopic (exact) mass is 237 g/mol. The number of nitrogens with two attached hydrogens (primary N) is 1. The van der Waals surface area contributed by atoms with E-state index < -0.39 is 0 Å². The second kappa shape index (κ2) is 4.37. The molecule has 94 valence electrons. The lowest BCUT2D eigenvalue weighted by Gasteiger charge is -2.32. The first-order valence-corrected chi connectivity index (χ1v) is 5.92. The maximum Gasteiger partial charge on any atom is 0.126 e. The summed E-state index contributed by atoms with van der Waals surface area (Å²) in [5.41, 5.74) is 12.9. The molecule has 0 amide bonds. The summed E-state index contributed by atoms with van der Waals surface area (Å²) in [6.07, 6.45) is -0.267. The summed E-state index contributed by atoms with van der Waals surface area (Å²) in [5.74, 6) is -0.246. The van der Waals surface area contributed by atoms with Crippen molar-refractivity contribution in [3.05, 3.63) is 35.6 Å².